The molecular formula is C24H32N2O3. The first kappa shape index (κ1) is 20.0. The van der Waals surface area contributed by atoms with E-state index in [2.05, 4.69) is 16.3 Å². The Morgan fingerprint density at radius 3 is 2.59 bits per heavy atom. The molecule has 0 unspecified atom stereocenters. The second-order valence-electron chi connectivity index (χ2n) is 8.65. The standard InChI is InChI=1S/C24H32N2O3/c1-17-14-20(18(2)29-17)16-26-12-8-19(9-13-26)15-25-23(27)24(10-11-24)21-6-4-5-7-22(21)28-3/h4-7,14,19H,8-13,15-16H2,1-3H3,(H,25,27). The molecule has 1 amide bonds. The third kappa shape index (κ3) is 4.20. The molecule has 29 heavy (non-hydrogen) atoms. The molecule has 1 saturated heterocycles. The number of amides is 1. The average Bonchev–Trinajstić information content (AvgIpc) is 3.48. The zero-order chi connectivity index (χ0) is 20.4. The van der Waals surface area contributed by atoms with E-state index in [0.29, 0.717) is 5.92 Å². The van der Waals surface area contributed by atoms with E-state index in [-0.39, 0.29) is 11.3 Å². The van der Waals surface area contributed by atoms with Crippen LogP contribution in [0.1, 0.15) is 48.3 Å². The summed E-state index contributed by atoms with van der Waals surface area (Å²) in [6, 6.07) is 10.1. The van der Waals surface area contributed by atoms with Gasteiger partial charge in [0.2, 0.25) is 5.91 Å². The number of nitrogens with zero attached hydrogens (tertiary/aromatic N) is 1. The quantitative estimate of drug-likeness (QED) is 0.770. The summed E-state index contributed by atoms with van der Waals surface area (Å²) in [7, 11) is 1.67. The lowest BCUT2D eigenvalue weighted by Crippen LogP contribution is -2.41. The fourth-order valence-corrected chi connectivity index (χ4v) is 4.62. The van der Waals surface area contributed by atoms with Gasteiger partial charge in [-0.1, -0.05) is 18.2 Å². The average molecular weight is 397 g/mol. The largest absolute Gasteiger partial charge is 0.496 e. The monoisotopic (exact) mass is 396 g/mol. The number of carbonyl (C=O) groups is 1. The summed E-state index contributed by atoms with van der Waals surface area (Å²) in [5.41, 5.74) is 1.94. The van der Waals surface area contributed by atoms with Crippen LogP contribution in [0.25, 0.3) is 0 Å². The maximum atomic E-state index is 13.0. The van der Waals surface area contributed by atoms with Crippen molar-refractivity contribution in [2.75, 3.05) is 26.7 Å². The summed E-state index contributed by atoms with van der Waals surface area (Å²) in [5.74, 6) is 3.55. The summed E-state index contributed by atoms with van der Waals surface area (Å²) in [5, 5.41) is 3.25. The van der Waals surface area contributed by atoms with E-state index in [1.165, 1.54) is 5.56 Å². The minimum absolute atomic E-state index is 0.161. The van der Waals surface area contributed by atoms with Gasteiger partial charge in [0.1, 0.15) is 17.3 Å². The van der Waals surface area contributed by atoms with Gasteiger partial charge in [-0.25, -0.2) is 0 Å². The third-order valence-electron chi connectivity index (χ3n) is 6.60. The number of aryl methyl sites for hydroxylation is 2. The molecule has 156 valence electrons. The Bertz CT molecular complexity index is 861. The van der Waals surface area contributed by atoms with Gasteiger partial charge < -0.3 is 14.5 Å². The second kappa shape index (κ2) is 8.23. The highest BCUT2D eigenvalue weighted by Gasteiger charge is 2.52. The molecule has 1 saturated carbocycles. The molecule has 1 aliphatic carbocycles. The first-order valence-corrected chi connectivity index (χ1v) is 10.7. The molecule has 2 aromatic rings. The van der Waals surface area contributed by atoms with Gasteiger partial charge in [0.25, 0.3) is 0 Å². The summed E-state index contributed by atoms with van der Waals surface area (Å²) >= 11 is 0. The number of hydrogen-bond acceptors (Lipinski definition) is 4. The fourth-order valence-electron chi connectivity index (χ4n) is 4.62. The van der Waals surface area contributed by atoms with Crippen molar-refractivity contribution < 1.29 is 13.9 Å². The number of piperidine rings is 1. The molecule has 0 atom stereocenters. The van der Waals surface area contributed by atoms with E-state index >= 15 is 0 Å². The normalized spacial score (nSPS) is 19.1. The summed E-state index contributed by atoms with van der Waals surface area (Å²) < 4.78 is 11.1. The molecule has 1 aromatic carbocycles. The van der Waals surface area contributed by atoms with Crippen molar-refractivity contribution in [2.45, 2.75) is 51.5 Å². The number of nitrogens with one attached hydrogen (secondary N) is 1. The highest BCUT2D eigenvalue weighted by atomic mass is 16.5. The molecule has 5 heteroatoms. The Morgan fingerprint density at radius 2 is 1.97 bits per heavy atom. The maximum absolute atomic E-state index is 13.0. The molecule has 1 N–H and O–H groups in total. The first-order chi connectivity index (χ1) is 14.0. The van der Waals surface area contributed by atoms with Crippen molar-refractivity contribution in [1.82, 2.24) is 10.2 Å². The third-order valence-corrected chi connectivity index (χ3v) is 6.60. The number of para-hydroxylation sites is 1. The predicted octanol–water partition coefficient (Wildman–Crippen LogP) is 3.97. The van der Waals surface area contributed by atoms with Crippen molar-refractivity contribution in [2.24, 2.45) is 5.92 Å². The Kier molecular flexibility index (Phi) is 5.68. The van der Waals surface area contributed by atoms with E-state index in [9.17, 15) is 4.79 Å². The number of likely N-dealkylation sites (tertiary alicyclic amines) is 1. The number of benzene rings is 1. The minimum atomic E-state index is -0.385. The number of hydrogen-bond donors (Lipinski definition) is 1. The van der Waals surface area contributed by atoms with Gasteiger partial charge in [0, 0.05) is 24.2 Å². The van der Waals surface area contributed by atoms with Crippen LogP contribution in [0.4, 0.5) is 0 Å². The SMILES string of the molecule is COc1ccccc1C1(C(=O)NCC2CCN(Cc3cc(C)oc3C)CC2)CC1. The molecule has 2 fully saturated rings. The number of furan rings is 1. The van der Waals surface area contributed by atoms with Crippen LogP contribution >= 0.6 is 0 Å². The Balaban J connectivity index is 1.27. The van der Waals surface area contributed by atoms with Crippen LogP contribution in [-0.2, 0) is 16.8 Å². The summed E-state index contributed by atoms with van der Waals surface area (Å²) in [4.78, 5) is 15.5. The lowest BCUT2D eigenvalue weighted by atomic mass is 9.92. The maximum Gasteiger partial charge on any atom is 0.230 e. The number of methoxy groups -OCH3 is 1. The van der Waals surface area contributed by atoms with Gasteiger partial charge in [-0.3, -0.25) is 9.69 Å². The Labute approximate surface area is 173 Å². The Morgan fingerprint density at radius 1 is 1.24 bits per heavy atom. The number of rotatable bonds is 7. The van der Waals surface area contributed by atoms with Gasteiger partial charge >= 0.3 is 0 Å². The molecule has 2 heterocycles. The van der Waals surface area contributed by atoms with E-state index in [1.807, 2.05) is 38.1 Å². The zero-order valence-corrected chi connectivity index (χ0v) is 17.8. The highest BCUT2D eigenvalue weighted by molar-refractivity contribution is 5.92. The fraction of sp³-hybridized carbons (Fsp3) is 0.542. The van der Waals surface area contributed by atoms with Crippen LogP contribution in [-0.4, -0.2) is 37.6 Å². The van der Waals surface area contributed by atoms with Crippen LogP contribution < -0.4 is 10.1 Å². The van der Waals surface area contributed by atoms with Gasteiger partial charge in [-0.2, -0.15) is 0 Å². The van der Waals surface area contributed by atoms with Crippen LogP contribution in [0.2, 0.25) is 0 Å². The van der Waals surface area contributed by atoms with Gasteiger partial charge in [-0.15, -0.1) is 0 Å². The molecule has 0 bridgehead atoms. The molecule has 1 aromatic heterocycles. The highest BCUT2D eigenvalue weighted by Crippen LogP contribution is 2.51. The first-order valence-electron chi connectivity index (χ1n) is 10.7. The van der Waals surface area contributed by atoms with Crippen molar-refractivity contribution in [3.8, 4) is 5.75 Å². The van der Waals surface area contributed by atoms with Crippen molar-refractivity contribution in [1.29, 1.82) is 0 Å². The van der Waals surface area contributed by atoms with Crippen LogP contribution in [0.3, 0.4) is 0 Å². The molecular weight excluding hydrogens is 364 g/mol. The summed E-state index contributed by atoms with van der Waals surface area (Å²) in [6.07, 6.45) is 4.05. The molecule has 1 aliphatic heterocycles. The molecule has 2 aliphatic rings. The van der Waals surface area contributed by atoms with Crippen LogP contribution in [0, 0.1) is 19.8 Å². The molecule has 5 nitrogen and oxygen atoms in total. The van der Waals surface area contributed by atoms with Gasteiger partial charge in [0.15, 0.2) is 0 Å². The van der Waals surface area contributed by atoms with E-state index in [4.69, 9.17) is 9.15 Å². The lowest BCUT2D eigenvalue weighted by molar-refractivity contribution is -0.123. The van der Waals surface area contributed by atoms with Gasteiger partial charge in [0.05, 0.1) is 12.5 Å². The van der Waals surface area contributed by atoms with Crippen molar-refractivity contribution in [3.63, 3.8) is 0 Å². The molecule has 0 radical (unpaired) electrons. The molecule has 0 spiro atoms. The predicted molar refractivity (Wildman–Crippen MR) is 113 cm³/mol. The van der Waals surface area contributed by atoms with Crippen molar-refractivity contribution >= 4 is 5.91 Å². The van der Waals surface area contributed by atoms with Crippen molar-refractivity contribution in [3.05, 3.63) is 53.0 Å². The molecule has 4 rings (SSSR count). The van der Waals surface area contributed by atoms with Crippen LogP contribution in [0.15, 0.2) is 34.7 Å². The smallest absolute Gasteiger partial charge is 0.230 e. The lowest BCUT2D eigenvalue weighted by Gasteiger charge is -2.32. The number of ether oxygens (including phenoxy) is 1. The van der Waals surface area contributed by atoms with E-state index in [1.54, 1.807) is 7.11 Å². The zero-order valence-electron chi connectivity index (χ0n) is 17.8. The summed E-state index contributed by atoms with van der Waals surface area (Å²) in [6.45, 7) is 7.92. The number of carbonyl (C=O) groups excluding carboxylic acids is 1. The van der Waals surface area contributed by atoms with Crippen LogP contribution in [0.5, 0.6) is 5.75 Å². The minimum Gasteiger partial charge on any atom is -0.496 e. The van der Waals surface area contributed by atoms with E-state index in [0.717, 1.165) is 74.7 Å². The Hall–Kier alpha value is -2.27. The van der Waals surface area contributed by atoms with Gasteiger partial charge in [-0.05, 0) is 70.7 Å². The van der Waals surface area contributed by atoms with E-state index < -0.39 is 0 Å². The topological polar surface area (TPSA) is 54.7 Å². The second-order valence-corrected chi connectivity index (χ2v) is 8.65.